The molecule has 0 heterocycles. The average molecular weight is 374 g/mol. The first kappa shape index (κ1) is 13.1. The molecule has 4 heteroatoms. The Morgan fingerprint density at radius 2 is 1.12 bits per heavy atom. The third-order valence-corrected chi connectivity index (χ3v) is 4.69. The van der Waals surface area contributed by atoms with E-state index in [0.29, 0.717) is 0 Å². The molecule has 0 aliphatic heterocycles. The molecule has 1 atom stereocenters. The number of hydrogen-bond acceptors (Lipinski definition) is 1. The Morgan fingerprint density at radius 1 is 0.765 bits per heavy atom. The Labute approximate surface area is 119 Å². The zero-order valence-corrected chi connectivity index (χ0v) is 13.3. The molecule has 17 heavy (non-hydrogen) atoms. The van der Waals surface area contributed by atoms with Crippen LogP contribution in [0.15, 0.2) is 57.5 Å². The summed E-state index contributed by atoms with van der Waals surface area (Å²) in [5, 5.41) is 0. The molecule has 0 spiro atoms. The van der Waals surface area contributed by atoms with Gasteiger partial charge in [-0.2, -0.15) is 0 Å². The van der Waals surface area contributed by atoms with Gasteiger partial charge >= 0.3 is 0 Å². The molecule has 1 nitrogen and oxygen atoms in total. The first-order valence-electron chi connectivity index (χ1n) is 5.17. The van der Waals surface area contributed by atoms with E-state index in [4.69, 9.17) is 0 Å². The Hall–Kier alpha value is -0.370. The summed E-state index contributed by atoms with van der Waals surface area (Å²) >= 11 is 6.81. The Bertz CT molecular complexity index is 462. The zero-order valence-electron chi connectivity index (χ0n) is 8.94. The molecule has 0 saturated heterocycles. The van der Waals surface area contributed by atoms with Crippen LogP contribution in [0.25, 0.3) is 0 Å². The molecule has 0 radical (unpaired) electrons. The standard InChI is InChI=1S/C13H11Br2OP/c14-11-5-1-9(2-6-11)13(17-16)10-3-7-12(15)8-4-10/h1-8,13H,17H2. The molecular formula is C13H11Br2OP. The van der Waals surface area contributed by atoms with Crippen LogP contribution in [0.5, 0.6) is 0 Å². The fraction of sp³-hybridized carbons (Fsp3) is 0.0769. The van der Waals surface area contributed by atoms with E-state index in [-0.39, 0.29) is 5.66 Å². The zero-order chi connectivity index (χ0) is 12.3. The predicted octanol–water partition coefficient (Wildman–Crippen LogP) is 5.06. The van der Waals surface area contributed by atoms with Crippen LogP contribution in [0.3, 0.4) is 0 Å². The molecule has 1 unspecified atom stereocenters. The van der Waals surface area contributed by atoms with Gasteiger partial charge in [0.1, 0.15) is 0 Å². The van der Waals surface area contributed by atoms with Crippen molar-refractivity contribution in [2.75, 3.05) is 0 Å². The second-order valence-electron chi connectivity index (χ2n) is 3.72. The van der Waals surface area contributed by atoms with Gasteiger partial charge in [-0.25, -0.2) is 0 Å². The number of hydrogen-bond donors (Lipinski definition) is 0. The van der Waals surface area contributed by atoms with Gasteiger partial charge in [0.05, 0.1) is 14.1 Å². The minimum absolute atomic E-state index is 0.0104. The molecule has 0 N–H and O–H groups in total. The van der Waals surface area contributed by atoms with E-state index in [1.165, 1.54) is 0 Å². The summed E-state index contributed by atoms with van der Waals surface area (Å²) in [5.74, 6) is 0. The third kappa shape index (κ3) is 3.31. The summed E-state index contributed by atoms with van der Waals surface area (Å²) in [6, 6.07) is 16.0. The van der Waals surface area contributed by atoms with E-state index < -0.39 is 8.46 Å². The van der Waals surface area contributed by atoms with Crippen molar-refractivity contribution in [3.8, 4) is 0 Å². The SMILES string of the molecule is O=[PH2]C(c1ccc(Br)cc1)c1ccc(Br)cc1. The van der Waals surface area contributed by atoms with Gasteiger partial charge in [0, 0.05) is 8.95 Å². The lowest BCUT2D eigenvalue weighted by Crippen LogP contribution is -1.92. The van der Waals surface area contributed by atoms with Gasteiger partial charge < -0.3 is 4.57 Å². The van der Waals surface area contributed by atoms with Crippen molar-refractivity contribution in [1.29, 1.82) is 0 Å². The predicted molar refractivity (Wildman–Crippen MR) is 80.5 cm³/mol. The van der Waals surface area contributed by atoms with E-state index in [1.807, 2.05) is 48.5 Å². The van der Waals surface area contributed by atoms with Crippen molar-refractivity contribution in [3.05, 3.63) is 68.6 Å². The fourth-order valence-electron chi connectivity index (χ4n) is 1.69. The first-order chi connectivity index (χ1) is 8.20. The molecule has 0 saturated carbocycles. The van der Waals surface area contributed by atoms with Gasteiger partial charge in [-0.3, -0.25) is 0 Å². The summed E-state index contributed by atoms with van der Waals surface area (Å²) in [4.78, 5) is 0. The molecule has 0 bridgehead atoms. The maximum absolute atomic E-state index is 11.5. The van der Waals surface area contributed by atoms with Crippen LogP contribution in [0.2, 0.25) is 0 Å². The van der Waals surface area contributed by atoms with Gasteiger partial charge in [-0.05, 0) is 35.4 Å². The third-order valence-electron chi connectivity index (χ3n) is 2.59. The van der Waals surface area contributed by atoms with Gasteiger partial charge in [-0.1, -0.05) is 56.1 Å². The van der Waals surface area contributed by atoms with Crippen molar-refractivity contribution in [1.82, 2.24) is 0 Å². The molecule has 2 aromatic rings. The van der Waals surface area contributed by atoms with Crippen molar-refractivity contribution >= 4 is 40.3 Å². The lowest BCUT2D eigenvalue weighted by atomic mass is 10.0. The summed E-state index contributed by atoms with van der Waals surface area (Å²) in [5.41, 5.74) is 2.21. The van der Waals surface area contributed by atoms with Crippen LogP contribution in [0.4, 0.5) is 0 Å². The number of rotatable bonds is 3. The smallest absolute Gasteiger partial charge is 0.0759 e. The molecule has 0 amide bonds. The largest absolute Gasteiger partial charge is 0.329 e. The molecular weight excluding hydrogens is 363 g/mol. The lowest BCUT2D eigenvalue weighted by Gasteiger charge is -2.11. The minimum Gasteiger partial charge on any atom is -0.329 e. The number of halogens is 2. The monoisotopic (exact) mass is 372 g/mol. The summed E-state index contributed by atoms with van der Waals surface area (Å²) in [6.07, 6.45) is 0. The molecule has 0 fully saturated rings. The van der Waals surface area contributed by atoms with Crippen molar-refractivity contribution in [3.63, 3.8) is 0 Å². The Morgan fingerprint density at radius 3 is 1.41 bits per heavy atom. The molecule has 0 aliphatic carbocycles. The van der Waals surface area contributed by atoms with Gasteiger partial charge in [0.15, 0.2) is 0 Å². The minimum atomic E-state index is -0.879. The molecule has 0 aliphatic rings. The van der Waals surface area contributed by atoms with Crippen LogP contribution in [-0.2, 0) is 4.57 Å². The van der Waals surface area contributed by atoms with Crippen molar-refractivity contribution in [2.24, 2.45) is 0 Å². The highest BCUT2D eigenvalue weighted by Gasteiger charge is 2.11. The van der Waals surface area contributed by atoms with Crippen molar-refractivity contribution < 1.29 is 4.57 Å². The fourth-order valence-corrected chi connectivity index (χ4v) is 2.98. The van der Waals surface area contributed by atoms with Crippen molar-refractivity contribution in [2.45, 2.75) is 5.66 Å². The van der Waals surface area contributed by atoms with E-state index in [2.05, 4.69) is 31.9 Å². The average Bonchev–Trinajstić information content (AvgIpc) is 2.35. The second kappa shape index (κ2) is 5.99. The maximum Gasteiger partial charge on any atom is 0.0759 e. The molecule has 0 aromatic heterocycles. The van der Waals surface area contributed by atoms with Crippen LogP contribution >= 0.6 is 40.3 Å². The van der Waals surface area contributed by atoms with Gasteiger partial charge in [-0.15, -0.1) is 0 Å². The van der Waals surface area contributed by atoms with Crippen LogP contribution in [-0.4, -0.2) is 0 Å². The summed E-state index contributed by atoms with van der Waals surface area (Å²) in [6.45, 7) is 0. The Kier molecular flexibility index (Phi) is 4.61. The van der Waals surface area contributed by atoms with Gasteiger partial charge in [0.25, 0.3) is 0 Å². The van der Waals surface area contributed by atoms with E-state index in [1.54, 1.807) is 0 Å². The lowest BCUT2D eigenvalue weighted by molar-refractivity contribution is 0.595. The second-order valence-corrected chi connectivity index (χ2v) is 6.49. The van der Waals surface area contributed by atoms with Gasteiger partial charge in [0.2, 0.25) is 0 Å². The highest BCUT2D eigenvalue weighted by Crippen LogP contribution is 2.35. The highest BCUT2D eigenvalue weighted by atomic mass is 79.9. The van der Waals surface area contributed by atoms with E-state index in [0.717, 1.165) is 20.1 Å². The quantitative estimate of drug-likeness (QED) is 0.687. The Balaban J connectivity index is 2.36. The topological polar surface area (TPSA) is 17.1 Å². The van der Waals surface area contributed by atoms with E-state index >= 15 is 0 Å². The van der Waals surface area contributed by atoms with Crippen LogP contribution in [0, 0.1) is 0 Å². The van der Waals surface area contributed by atoms with Crippen LogP contribution < -0.4 is 0 Å². The molecule has 88 valence electrons. The maximum atomic E-state index is 11.5. The normalized spacial score (nSPS) is 11.5. The molecule has 2 aromatic carbocycles. The van der Waals surface area contributed by atoms with E-state index in [9.17, 15) is 4.57 Å². The number of benzene rings is 2. The first-order valence-corrected chi connectivity index (χ1v) is 7.89. The molecule has 2 rings (SSSR count). The summed E-state index contributed by atoms with van der Waals surface area (Å²) in [7, 11) is -0.879. The van der Waals surface area contributed by atoms with Crippen LogP contribution in [0.1, 0.15) is 16.8 Å². The summed E-state index contributed by atoms with van der Waals surface area (Å²) < 4.78 is 13.5. The highest BCUT2D eigenvalue weighted by molar-refractivity contribution is 9.10.